The summed E-state index contributed by atoms with van der Waals surface area (Å²) in [6.07, 6.45) is 7.21. The molecule has 2 N–H and O–H groups in total. The van der Waals surface area contributed by atoms with Gasteiger partial charge in [-0.15, -0.1) is 10.2 Å². The average molecular weight is 490 g/mol. The molecular formula is C22H27N5O4S2. The van der Waals surface area contributed by atoms with Crippen LogP contribution in [0.2, 0.25) is 0 Å². The van der Waals surface area contributed by atoms with Gasteiger partial charge < -0.3 is 9.73 Å². The van der Waals surface area contributed by atoms with E-state index in [1.807, 2.05) is 12.1 Å². The molecule has 0 unspecified atom stereocenters. The Balaban J connectivity index is 1.49. The molecule has 1 aliphatic carbocycles. The van der Waals surface area contributed by atoms with E-state index in [9.17, 15) is 13.2 Å². The summed E-state index contributed by atoms with van der Waals surface area (Å²) in [7, 11) is -2.26. The van der Waals surface area contributed by atoms with Crippen molar-refractivity contribution in [3.05, 3.63) is 42.2 Å². The van der Waals surface area contributed by atoms with Crippen LogP contribution in [0.1, 0.15) is 43.7 Å². The first kappa shape index (κ1) is 23.5. The fourth-order valence-corrected chi connectivity index (χ4v) is 5.82. The maximum absolute atomic E-state index is 12.7. The van der Waals surface area contributed by atoms with Crippen LogP contribution in [0.5, 0.6) is 0 Å². The molecule has 4 rings (SSSR count). The molecule has 2 aromatic heterocycles. The van der Waals surface area contributed by atoms with Crippen molar-refractivity contribution >= 4 is 33.4 Å². The number of nitrogens with one attached hydrogen (secondary N) is 2. The Labute approximate surface area is 197 Å². The van der Waals surface area contributed by atoms with Crippen LogP contribution in [0, 0.1) is 6.92 Å². The Morgan fingerprint density at radius 1 is 1.21 bits per heavy atom. The number of rotatable bonds is 8. The van der Waals surface area contributed by atoms with Crippen molar-refractivity contribution in [3.8, 4) is 11.6 Å². The number of hydrogen-bond donors (Lipinski definition) is 2. The third-order valence-electron chi connectivity index (χ3n) is 5.71. The zero-order chi connectivity index (χ0) is 23.4. The number of furan rings is 1. The predicted octanol–water partition coefficient (Wildman–Crippen LogP) is 3.99. The maximum atomic E-state index is 12.7. The van der Waals surface area contributed by atoms with Crippen LogP contribution in [0.3, 0.4) is 0 Å². The lowest BCUT2D eigenvalue weighted by Crippen LogP contribution is -2.20. The van der Waals surface area contributed by atoms with Crippen LogP contribution in [0.25, 0.3) is 11.6 Å². The van der Waals surface area contributed by atoms with Gasteiger partial charge in [0.1, 0.15) is 0 Å². The lowest BCUT2D eigenvalue weighted by atomic mass is 9.95. The van der Waals surface area contributed by atoms with Gasteiger partial charge in [-0.25, -0.2) is 13.1 Å². The van der Waals surface area contributed by atoms with Crippen LogP contribution in [0.4, 0.5) is 5.69 Å². The van der Waals surface area contributed by atoms with Gasteiger partial charge in [0.05, 0.1) is 16.9 Å². The number of hydrogen-bond acceptors (Lipinski definition) is 7. The molecule has 9 nitrogen and oxygen atoms in total. The lowest BCUT2D eigenvalue weighted by molar-refractivity contribution is -0.113. The Bertz CT molecular complexity index is 1220. The molecule has 1 aliphatic rings. The highest BCUT2D eigenvalue weighted by atomic mass is 32.2. The fourth-order valence-electron chi connectivity index (χ4n) is 4.02. The van der Waals surface area contributed by atoms with Gasteiger partial charge in [0.2, 0.25) is 21.8 Å². The molecule has 1 fully saturated rings. The molecule has 33 heavy (non-hydrogen) atoms. The number of aryl methyl sites for hydroxylation is 1. The number of thioether (sulfide) groups is 1. The first-order chi connectivity index (χ1) is 15.9. The highest BCUT2D eigenvalue weighted by molar-refractivity contribution is 7.99. The molecule has 0 radical (unpaired) electrons. The number of nitrogens with zero attached hydrogens (tertiary/aromatic N) is 3. The van der Waals surface area contributed by atoms with Crippen LogP contribution in [-0.2, 0) is 14.8 Å². The number of benzene rings is 1. The second-order valence-corrected chi connectivity index (χ2v) is 10.8. The summed E-state index contributed by atoms with van der Waals surface area (Å²) in [5.74, 6) is 1.19. The van der Waals surface area contributed by atoms with Crippen LogP contribution in [-0.4, -0.2) is 41.9 Å². The Morgan fingerprint density at radius 3 is 2.70 bits per heavy atom. The normalized spacial score (nSPS) is 15.0. The first-order valence-electron chi connectivity index (χ1n) is 10.8. The van der Waals surface area contributed by atoms with Crippen molar-refractivity contribution in [1.29, 1.82) is 0 Å². The maximum Gasteiger partial charge on any atom is 0.240 e. The summed E-state index contributed by atoms with van der Waals surface area (Å²) in [6, 6.07) is 8.77. The molecule has 0 aliphatic heterocycles. The summed E-state index contributed by atoms with van der Waals surface area (Å²) >= 11 is 1.31. The van der Waals surface area contributed by atoms with Crippen molar-refractivity contribution in [2.75, 3.05) is 18.1 Å². The van der Waals surface area contributed by atoms with E-state index < -0.39 is 10.0 Å². The monoisotopic (exact) mass is 489 g/mol. The van der Waals surface area contributed by atoms with Gasteiger partial charge in [0, 0.05) is 11.7 Å². The second-order valence-electron chi connectivity index (χ2n) is 7.97. The lowest BCUT2D eigenvalue weighted by Gasteiger charge is -2.25. The summed E-state index contributed by atoms with van der Waals surface area (Å²) in [4.78, 5) is 12.8. The smallest absolute Gasteiger partial charge is 0.240 e. The van der Waals surface area contributed by atoms with Crippen LogP contribution in [0.15, 0.2) is 51.1 Å². The molecule has 1 aromatic carbocycles. The number of anilines is 1. The summed E-state index contributed by atoms with van der Waals surface area (Å²) < 4.78 is 34.4. The van der Waals surface area contributed by atoms with E-state index in [-0.39, 0.29) is 22.6 Å². The molecule has 11 heteroatoms. The number of amides is 1. The number of carbonyl (C=O) groups is 1. The minimum Gasteiger partial charge on any atom is -0.461 e. The van der Waals surface area contributed by atoms with E-state index in [1.54, 1.807) is 25.3 Å². The number of sulfonamides is 1. The van der Waals surface area contributed by atoms with Gasteiger partial charge in [0.15, 0.2) is 10.9 Å². The minimum atomic E-state index is -3.62. The van der Waals surface area contributed by atoms with E-state index in [2.05, 4.69) is 24.8 Å². The largest absolute Gasteiger partial charge is 0.461 e. The molecule has 0 atom stereocenters. The third kappa shape index (κ3) is 5.31. The zero-order valence-corrected chi connectivity index (χ0v) is 20.2. The molecule has 0 spiro atoms. The molecule has 2 heterocycles. The predicted molar refractivity (Wildman–Crippen MR) is 127 cm³/mol. The Morgan fingerprint density at radius 2 is 2.00 bits per heavy atom. The van der Waals surface area contributed by atoms with Crippen molar-refractivity contribution in [3.63, 3.8) is 0 Å². The molecule has 176 valence electrons. The molecule has 0 bridgehead atoms. The molecule has 1 saturated carbocycles. The summed E-state index contributed by atoms with van der Waals surface area (Å²) in [5.41, 5.74) is 1.02. The zero-order valence-electron chi connectivity index (χ0n) is 18.6. The molecule has 1 amide bonds. The Kier molecular flexibility index (Phi) is 7.20. The topological polar surface area (TPSA) is 119 Å². The van der Waals surface area contributed by atoms with Crippen molar-refractivity contribution in [1.82, 2.24) is 19.5 Å². The average Bonchev–Trinajstić information content (AvgIpc) is 3.49. The first-order valence-corrected chi connectivity index (χ1v) is 13.3. The van der Waals surface area contributed by atoms with Crippen LogP contribution >= 0.6 is 11.8 Å². The van der Waals surface area contributed by atoms with Gasteiger partial charge >= 0.3 is 0 Å². The van der Waals surface area contributed by atoms with Crippen LogP contribution < -0.4 is 10.0 Å². The summed E-state index contributed by atoms with van der Waals surface area (Å²) in [5, 5.41) is 12.1. The SMILES string of the molecule is CNS(=O)(=O)c1cc(NC(=O)CSc2nnc(-c3ccco3)n2C2CCCCC2)ccc1C. The number of aromatic nitrogens is 3. The van der Waals surface area contributed by atoms with Gasteiger partial charge in [-0.1, -0.05) is 37.1 Å². The van der Waals surface area contributed by atoms with Gasteiger partial charge in [-0.3, -0.25) is 9.36 Å². The molecule has 0 saturated heterocycles. The van der Waals surface area contributed by atoms with E-state index in [4.69, 9.17) is 4.42 Å². The van der Waals surface area contributed by atoms with Gasteiger partial charge in [-0.05, 0) is 56.6 Å². The second kappa shape index (κ2) is 10.1. The highest BCUT2D eigenvalue weighted by Crippen LogP contribution is 2.35. The minimum absolute atomic E-state index is 0.116. The van der Waals surface area contributed by atoms with Crippen molar-refractivity contribution < 1.29 is 17.6 Å². The Hall–Kier alpha value is -2.63. The molecule has 3 aromatic rings. The highest BCUT2D eigenvalue weighted by Gasteiger charge is 2.25. The number of carbonyl (C=O) groups excluding carboxylic acids is 1. The summed E-state index contributed by atoms with van der Waals surface area (Å²) in [6.45, 7) is 1.71. The quantitative estimate of drug-likeness (QED) is 0.459. The van der Waals surface area contributed by atoms with E-state index in [0.29, 0.717) is 28.0 Å². The van der Waals surface area contributed by atoms with E-state index in [1.165, 1.54) is 31.3 Å². The van der Waals surface area contributed by atoms with Gasteiger partial charge in [0.25, 0.3) is 0 Å². The standard InChI is InChI=1S/C22H27N5O4S2/c1-15-10-11-16(13-19(15)33(29,30)23-2)24-20(28)14-32-22-26-25-21(18-9-6-12-31-18)27(22)17-7-4-3-5-8-17/h6,9-13,17,23H,3-5,7-8,14H2,1-2H3,(H,24,28). The fraction of sp³-hybridized carbons (Fsp3) is 0.409. The van der Waals surface area contributed by atoms with E-state index in [0.717, 1.165) is 25.7 Å². The van der Waals surface area contributed by atoms with Crippen molar-refractivity contribution in [2.45, 2.75) is 55.1 Å². The van der Waals surface area contributed by atoms with Gasteiger partial charge in [-0.2, -0.15) is 0 Å². The van der Waals surface area contributed by atoms with E-state index >= 15 is 0 Å². The van der Waals surface area contributed by atoms with Crippen molar-refractivity contribution in [2.24, 2.45) is 0 Å². The molecular weight excluding hydrogens is 462 g/mol. The third-order valence-corrected chi connectivity index (χ3v) is 8.21.